The van der Waals surface area contributed by atoms with E-state index in [1.165, 1.54) is 26.4 Å². The van der Waals surface area contributed by atoms with Crippen molar-refractivity contribution in [3.63, 3.8) is 0 Å². The first kappa shape index (κ1) is 24.0. The predicted molar refractivity (Wildman–Crippen MR) is 113 cm³/mol. The lowest BCUT2D eigenvalue weighted by atomic mass is 9.99. The van der Waals surface area contributed by atoms with E-state index in [2.05, 4.69) is 0 Å². The summed E-state index contributed by atoms with van der Waals surface area (Å²) in [6, 6.07) is 14.5. The first-order valence-electron chi connectivity index (χ1n) is 10.2. The van der Waals surface area contributed by atoms with Crippen LogP contribution in [-0.4, -0.2) is 79.4 Å². The first-order valence-corrected chi connectivity index (χ1v) is 10.2. The highest BCUT2D eigenvalue weighted by Gasteiger charge is 2.46. The Morgan fingerprint density at radius 2 is 1.78 bits per heavy atom. The molecule has 0 bridgehead atoms. The molecule has 0 aromatic heterocycles. The third kappa shape index (κ3) is 5.56. The fraction of sp³-hybridized carbons (Fsp3) is 0.435. The molecule has 0 spiro atoms. The van der Waals surface area contributed by atoms with Gasteiger partial charge in [0.2, 0.25) is 0 Å². The van der Waals surface area contributed by atoms with Gasteiger partial charge in [-0.15, -0.1) is 0 Å². The van der Waals surface area contributed by atoms with Gasteiger partial charge in [0.05, 0.1) is 25.9 Å². The number of carbonyl (C=O) groups excluding carboxylic acids is 1. The molecule has 0 radical (unpaired) electrons. The van der Waals surface area contributed by atoms with Gasteiger partial charge in [-0.1, -0.05) is 30.3 Å². The number of rotatable bonds is 9. The van der Waals surface area contributed by atoms with Gasteiger partial charge in [-0.3, -0.25) is 0 Å². The van der Waals surface area contributed by atoms with Crippen LogP contribution < -0.4 is 9.47 Å². The Bertz CT molecular complexity index is 871. The Labute approximate surface area is 186 Å². The summed E-state index contributed by atoms with van der Waals surface area (Å²) >= 11 is 0. The fourth-order valence-electron chi connectivity index (χ4n) is 3.40. The molecule has 0 unspecified atom stereocenters. The van der Waals surface area contributed by atoms with Gasteiger partial charge < -0.3 is 39.0 Å². The highest BCUT2D eigenvalue weighted by Crippen LogP contribution is 2.30. The van der Waals surface area contributed by atoms with Gasteiger partial charge >= 0.3 is 5.97 Å². The Balaban J connectivity index is 1.66. The average Bonchev–Trinajstić information content (AvgIpc) is 2.83. The highest BCUT2D eigenvalue weighted by molar-refractivity contribution is 5.90. The summed E-state index contributed by atoms with van der Waals surface area (Å²) in [7, 11) is 2.76. The van der Waals surface area contributed by atoms with Crippen LogP contribution in [0.1, 0.15) is 15.9 Å². The zero-order valence-electron chi connectivity index (χ0n) is 17.9. The summed E-state index contributed by atoms with van der Waals surface area (Å²) < 4.78 is 27.0. The molecule has 0 aliphatic carbocycles. The van der Waals surface area contributed by atoms with Crippen LogP contribution in [0.5, 0.6) is 11.5 Å². The van der Waals surface area contributed by atoms with Crippen molar-refractivity contribution in [3.05, 3.63) is 59.7 Å². The molecule has 2 aromatic carbocycles. The van der Waals surface area contributed by atoms with E-state index >= 15 is 0 Å². The maximum atomic E-state index is 12.7. The lowest BCUT2D eigenvalue weighted by Crippen LogP contribution is -2.60. The van der Waals surface area contributed by atoms with Crippen molar-refractivity contribution in [1.82, 2.24) is 0 Å². The molecule has 0 amide bonds. The lowest BCUT2D eigenvalue weighted by molar-refractivity contribution is -0.293. The summed E-state index contributed by atoms with van der Waals surface area (Å²) in [6.45, 7) is -0.100. The van der Waals surface area contributed by atoms with E-state index in [-0.39, 0.29) is 5.56 Å². The fourth-order valence-corrected chi connectivity index (χ4v) is 3.40. The summed E-state index contributed by atoms with van der Waals surface area (Å²) in [4.78, 5) is 12.7. The molecule has 1 fully saturated rings. The molecule has 3 rings (SSSR count). The van der Waals surface area contributed by atoms with Gasteiger partial charge in [0.15, 0.2) is 23.9 Å². The predicted octanol–water partition coefficient (Wildman–Crippen LogP) is 0.927. The molecule has 3 N–H and O–H groups in total. The van der Waals surface area contributed by atoms with Crippen LogP contribution in [0.15, 0.2) is 48.5 Å². The molecule has 9 heteroatoms. The van der Waals surface area contributed by atoms with Gasteiger partial charge in [0.1, 0.15) is 18.3 Å². The molecular formula is C23H28O9. The third-order valence-electron chi connectivity index (χ3n) is 5.19. The van der Waals surface area contributed by atoms with Crippen LogP contribution in [0.2, 0.25) is 0 Å². The maximum Gasteiger partial charge on any atom is 0.338 e. The van der Waals surface area contributed by atoms with Gasteiger partial charge in [0, 0.05) is 13.5 Å². The topological polar surface area (TPSA) is 124 Å². The number of hydrogen-bond acceptors (Lipinski definition) is 9. The van der Waals surface area contributed by atoms with Crippen molar-refractivity contribution < 1.29 is 43.8 Å². The Hall–Kier alpha value is -2.69. The van der Waals surface area contributed by atoms with E-state index in [0.717, 1.165) is 5.56 Å². The molecule has 1 heterocycles. The van der Waals surface area contributed by atoms with Crippen molar-refractivity contribution in [1.29, 1.82) is 0 Å². The molecule has 1 saturated heterocycles. The van der Waals surface area contributed by atoms with E-state index in [0.29, 0.717) is 24.5 Å². The minimum absolute atomic E-state index is 0.151. The van der Waals surface area contributed by atoms with Crippen molar-refractivity contribution in [2.75, 3.05) is 27.4 Å². The molecule has 32 heavy (non-hydrogen) atoms. The number of ether oxygens (including phenoxy) is 5. The second-order valence-electron chi connectivity index (χ2n) is 7.26. The third-order valence-corrected chi connectivity index (χ3v) is 5.19. The van der Waals surface area contributed by atoms with E-state index in [1.807, 2.05) is 30.3 Å². The number of benzene rings is 2. The van der Waals surface area contributed by atoms with E-state index in [1.54, 1.807) is 6.07 Å². The van der Waals surface area contributed by atoms with Crippen LogP contribution in [0, 0.1) is 0 Å². The number of hydrogen-bond donors (Lipinski definition) is 3. The van der Waals surface area contributed by atoms with Gasteiger partial charge in [-0.25, -0.2) is 4.79 Å². The largest absolute Gasteiger partial charge is 0.493 e. The summed E-state index contributed by atoms with van der Waals surface area (Å²) in [5.41, 5.74) is 1.29. The number of aliphatic hydroxyl groups excluding tert-OH is 3. The second kappa shape index (κ2) is 11.3. The zero-order chi connectivity index (χ0) is 23.1. The number of methoxy groups -OCH3 is 2. The maximum absolute atomic E-state index is 12.7. The van der Waals surface area contributed by atoms with Gasteiger partial charge in [-0.2, -0.15) is 0 Å². The van der Waals surface area contributed by atoms with E-state index in [4.69, 9.17) is 23.7 Å². The van der Waals surface area contributed by atoms with Crippen LogP contribution in [0.3, 0.4) is 0 Å². The summed E-state index contributed by atoms with van der Waals surface area (Å²) in [5.74, 6) is 0.0390. The first-order chi connectivity index (χ1) is 15.5. The molecule has 9 nitrogen and oxygen atoms in total. The smallest absolute Gasteiger partial charge is 0.338 e. The molecule has 1 aliphatic heterocycles. The average molecular weight is 448 g/mol. The standard InChI is InChI=1S/C23H28O9/c1-28-17-12-15(8-9-16(17)30-11-10-14-6-4-3-5-7-14)22(27)32-21-20(26)19(25)18(13-24)31-23(21)29-2/h3-9,12,18-21,23-26H,10-11,13H2,1-2H3/t18-,19-,20+,21-,23+/m1/s1. The Kier molecular flexibility index (Phi) is 8.43. The quantitative estimate of drug-likeness (QED) is 0.481. The molecule has 1 aliphatic rings. The number of carbonyl (C=O) groups is 1. The molecule has 0 saturated carbocycles. The molecule has 5 atom stereocenters. The Morgan fingerprint density at radius 3 is 2.44 bits per heavy atom. The van der Waals surface area contributed by atoms with Crippen LogP contribution >= 0.6 is 0 Å². The SMILES string of the molecule is COc1cc(C(=O)O[C@H]2[C@@H](OC)O[C@H](CO)[C@@H](O)[C@@H]2O)ccc1OCCc1ccccc1. The van der Waals surface area contributed by atoms with Crippen LogP contribution in [0.4, 0.5) is 0 Å². The lowest BCUT2D eigenvalue weighted by Gasteiger charge is -2.40. The van der Waals surface area contributed by atoms with Gasteiger partial charge in [0.25, 0.3) is 0 Å². The van der Waals surface area contributed by atoms with Gasteiger partial charge in [-0.05, 0) is 23.8 Å². The van der Waals surface area contributed by atoms with Crippen LogP contribution in [-0.2, 0) is 20.6 Å². The van der Waals surface area contributed by atoms with E-state index < -0.39 is 43.3 Å². The normalized spacial score (nSPS) is 25.2. The monoisotopic (exact) mass is 448 g/mol. The minimum atomic E-state index is -1.50. The Morgan fingerprint density at radius 1 is 1.03 bits per heavy atom. The zero-order valence-corrected chi connectivity index (χ0v) is 17.9. The van der Waals surface area contributed by atoms with Crippen molar-refractivity contribution in [2.24, 2.45) is 0 Å². The van der Waals surface area contributed by atoms with Crippen molar-refractivity contribution in [2.45, 2.75) is 37.1 Å². The van der Waals surface area contributed by atoms with Crippen molar-refractivity contribution >= 4 is 5.97 Å². The molecule has 174 valence electrons. The second-order valence-corrected chi connectivity index (χ2v) is 7.26. The van der Waals surface area contributed by atoms with Crippen molar-refractivity contribution in [3.8, 4) is 11.5 Å². The minimum Gasteiger partial charge on any atom is -0.493 e. The van der Waals surface area contributed by atoms with E-state index in [9.17, 15) is 20.1 Å². The molecular weight excluding hydrogens is 420 g/mol. The molecule has 2 aromatic rings. The highest BCUT2D eigenvalue weighted by atomic mass is 16.7. The number of aliphatic hydroxyl groups is 3. The summed E-state index contributed by atoms with van der Waals surface area (Å²) in [5, 5.41) is 29.7. The number of esters is 1. The summed E-state index contributed by atoms with van der Waals surface area (Å²) in [6.07, 6.45) is -5.74. The van der Waals surface area contributed by atoms with Crippen LogP contribution in [0.25, 0.3) is 0 Å².